The Morgan fingerprint density at radius 2 is 2.09 bits per heavy atom. The topological polar surface area (TPSA) is 72.9 Å². The summed E-state index contributed by atoms with van der Waals surface area (Å²) >= 11 is 12.0. The predicted molar refractivity (Wildman–Crippen MR) is 87.2 cm³/mol. The zero-order chi connectivity index (χ0) is 15.9. The number of nitrogens with one attached hydrogen (secondary N) is 1. The molecule has 5 nitrogen and oxygen atoms in total. The molecule has 0 aliphatic heterocycles. The number of anilines is 1. The van der Waals surface area contributed by atoms with Crippen molar-refractivity contribution in [3.63, 3.8) is 0 Å². The predicted octanol–water partition coefficient (Wildman–Crippen LogP) is 3.12. The first-order valence-corrected chi connectivity index (χ1v) is 7.79. The van der Waals surface area contributed by atoms with Gasteiger partial charge in [-0.05, 0) is 31.4 Å². The molecule has 1 amide bonds. The smallest absolute Gasteiger partial charge is 0.251 e. The number of fused-ring (bicyclic) bond motifs is 1. The molecule has 3 rings (SSSR count). The molecule has 0 bridgehead atoms. The van der Waals surface area contributed by atoms with Crippen molar-refractivity contribution in [2.24, 2.45) is 7.05 Å². The van der Waals surface area contributed by atoms with Gasteiger partial charge in [0.05, 0.1) is 27.5 Å². The molecule has 1 aromatic carbocycles. The number of aryl methyl sites for hydroxylation is 2. The molecule has 0 saturated heterocycles. The van der Waals surface area contributed by atoms with Crippen LogP contribution in [-0.2, 0) is 13.5 Å². The summed E-state index contributed by atoms with van der Waals surface area (Å²) in [5.74, 6) is -0.217. The maximum atomic E-state index is 12.4. The van der Waals surface area contributed by atoms with Crippen LogP contribution in [0.1, 0.15) is 40.5 Å². The lowest BCUT2D eigenvalue weighted by Crippen LogP contribution is -2.30. The second-order valence-corrected chi connectivity index (χ2v) is 6.29. The van der Waals surface area contributed by atoms with Crippen molar-refractivity contribution in [1.29, 1.82) is 0 Å². The maximum absolute atomic E-state index is 12.4. The van der Waals surface area contributed by atoms with Crippen molar-refractivity contribution in [1.82, 2.24) is 15.1 Å². The quantitative estimate of drug-likeness (QED) is 0.826. The first-order valence-electron chi connectivity index (χ1n) is 7.03. The number of hydrogen-bond acceptors (Lipinski definition) is 3. The number of hydrogen-bond donors (Lipinski definition) is 2. The molecular weight excluding hydrogens is 323 g/mol. The Kier molecular flexibility index (Phi) is 4.02. The molecule has 7 heteroatoms. The molecule has 3 N–H and O–H groups in total. The van der Waals surface area contributed by atoms with Crippen LogP contribution in [0.25, 0.3) is 0 Å². The Morgan fingerprint density at radius 3 is 2.77 bits per heavy atom. The van der Waals surface area contributed by atoms with Gasteiger partial charge >= 0.3 is 0 Å². The van der Waals surface area contributed by atoms with Crippen LogP contribution >= 0.6 is 23.2 Å². The summed E-state index contributed by atoms with van der Waals surface area (Å²) in [5, 5.41) is 8.02. The minimum Gasteiger partial charge on any atom is -0.396 e. The van der Waals surface area contributed by atoms with Crippen molar-refractivity contribution in [3.8, 4) is 0 Å². The van der Waals surface area contributed by atoms with Gasteiger partial charge in [0.2, 0.25) is 0 Å². The van der Waals surface area contributed by atoms with E-state index in [1.54, 1.807) is 4.68 Å². The molecule has 0 unspecified atom stereocenters. The normalized spacial score (nSPS) is 17.1. The Morgan fingerprint density at radius 1 is 1.41 bits per heavy atom. The van der Waals surface area contributed by atoms with E-state index >= 15 is 0 Å². The largest absolute Gasteiger partial charge is 0.396 e. The van der Waals surface area contributed by atoms with E-state index in [1.807, 2.05) is 13.2 Å². The van der Waals surface area contributed by atoms with Crippen LogP contribution in [0, 0.1) is 0 Å². The number of carbonyl (C=O) groups excluding carboxylic acids is 1. The Balaban J connectivity index is 1.83. The molecule has 1 aliphatic rings. The van der Waals surface area contributed by atoms with Crippen molar-refractivity contribution in [2.45, 2.75) is 25.3 Å². The molecule has 1 aromatic heterocycles. The minimum atomic E-state index is -0.217. The highest BCUT2D eigenvalue weighted by molar-refractivity contribution is 6.39. The molecule has 0 spiro atoms. The zero-order valence-corrected chi connectivity index (χ0v) is 13.6. The highest BCUT2D eigenvalue weighted by Gasteiger charge is 2.25. The van der Waals surface area contributed by atoms with Crippen molar-refractivity contribution >= 4 is 34.8 Å². The average molecular weight is 339 g/mol. The lowest BCUT2D eigenvalue weighted by atomic mass is 9.93. The number of nitrogens with two attached hydrogens (primary N) is 1. The number of carbonyl (C=O) groups is 1. The van der Waals surface area contributed by atoms with Gasteiger partial charge in [-0.25, -0.2) is 0 Å². The molecular formula is C15H16Cl2N4O. The van der Waals surface area contributed by atoms with E-state index in [0.717, 1.165) is 30.5 Å². The number of nitrogens with zero attached hydrogens (tertiary/aromatic N) is 2. The molecule has 22 heavy (non-hydrogen) atoms. The van der Waals surface area contributed by atoms with Crippen LogP contribution in [0.5, 0.6) is 0 Å². The highest BCUT2D eigenvalue weighted by Crippen LogP contribution is 2.31. The number of amides is 1. The van der Waals surface area contributed by atoms with Gasteiger partial charge in [0, 0.05) is 24.4 Å². The number of aromatic nitrogens is 2. The van der Waals surface area contributed by atoms with E-state index < -0.39 is 0 Å². The molecule has 116 valence electrons. The first kappa shape index (κ1) is 15.2. The van der Waals surface area contributed by atoms with E-state index in [9.17, 15) is 4.79 Å². The van der Waals surface area contributed by atoms with Gasteiger partial charge < -0.3 is 11.1 Å². The second kappa shape index (κ2) is 5.82. The molecule has 0 radical (unpaired) electrons. The minimum absolute atomic E-state index is 0.0416. The zero-order valence-electron chi connectivity index (χ0n) is 12.1. The van der Waals surface area contributed by atoms with Gasteiger partial charge in [0.1, 0.15) is 0 Å². The second-order valence-electron chi connectivity index (χ2n) is 5.48. The van der Waals surface area contributed by atoms with Gasteiger partial charge in [-0.15, -0.1) is 0 Å². The summed E-state index contributed by atoms with van der Waals surface area (Å²) in [7, 11) is 1.89. The van der Waals surface area contributed by atoms with Gasteiger partial charge in [-0.1, -0.05) is 23.2 Å². The lowest BCUT2D eigenvalue weighted by Gasteiger charge is -2.22. The molecule has 1 heterocycles. The summed E-state index contributed by atoms with van der Waals surface area (Å²) in [4.78, 5) is 12.4. The van der Waals surface area contributed by atoms with Gasteiger partial charge in [-0.3, -0.25) is 9.48 Å². The lowest BCUT2D eigenvalue weighted by molar-refractivity contribution is 0.0933. The van der Waals surface area contributed by atoms with E-state index in [-0.39, 0.29) is 27.7 Å². The summed E-state index contributed by atoms with van der Waals surface area (Å²) in [6, 6.07) is 3.02. The van der Waals surface area contributed by atoms with E-state index in [0.29, 0.717) is 5.56 Å². The third kappa shape index (κ3) is 2.78. The monoisotopic (exact) mass is 338 g/mol. The first-order chi connectivity index (χ1) is 10.5. The molecule has 0 fully saturated rings. The third-order valence-electron chi connectivity index (χ3n) is 3.87. The Labute approximate surface area is 138 Å². The number of rotatable bonds is 2. The van der Waals surface area contributed by atoms with Crippen LogP contribution in [-0.4, -0.2) is 15.7 Å². The maximum Gasteiger partial charge on any atom is 0.251 e. The SMILES string of the molecule is Cn1cc2c(n1)CCC[C@H]2NC(=O)c1cc(Cl)c(N)c(Cl)c1. The molecule has 0 saturated carbocycles. The van der Waals surface area contributed by atoms with Gasteiger partial charge in [0.25, 0.3) is 5.91 Å². The van der Waals surface area contributed by atoms with Crippen LogP contribution in [0.2, 0.25) is 10.0 Å². The fourth-order valence-corrected chi connectivity index (χ4v) is 3.26. The van der Waals surface area contributed by atoms with Gasteiger partial charge in [-0.2, -0.15) is 5.10 Å². The van der Waals surface area contributed by atoms with Crippen LogP contribution in [0.15, 0.2) is 18.3 Å². The van der Waals surface area contributed by atoms with Crippen LogP contribution in [0.4, 0.5) is 5.69 Å². The summed E-state index contributed by atoms with van der Waals surface area (Å²) < 4.78 is 1.78. The third-order valence-corrected chi connectivity index (χ3v) is 4.49. The highest BCUT2D eigenvalue weighted by atomic mass is 35.5. The Hall–Kier alpha value is -1.72. The molecule has 1 atom stereocenters. The summed E-state index contributed by atoms with van der Waals surface area (Å²) in [5.41, 5.74) is 8.51. The van der Waals surface area contributed by atoms with E-state index in [1.165, 1.54) is 12.1 Å². The average Bonchev–Trinajstić information content (AvgIpc) is 2.85. The number of benzene rings is 1. The van der Waals surface area contributed by atoms with E-state index in [4.69, 9.17) is 28.9 Å². The molecule has 1 aliphatic carbocycles. The summed E-state index contributed by atoms with van der Waals surface area (Å²) in [6.45, 7) is 0. The fourth-order valence-electron chi connectivity index (χ4n) is 2.77. The van der Waals surface area contributed by atoms with Crippen molar-refractivity contribution in [3.05, 3.63) is 45.2 Å². The van der Waals surface area contributed by atoms with Crippen molar-refractivity contribution in [2.75, 3.05) is 5.73 Å². The Bertz CT molecular complexity index is 718. The summed E-state index contributed by atoms with van der Waals surface area (Å²) in [6.07, 6.45) is 4.80. The van der Waals surface area contributed by atoms with Gasteiger partial charge in [0.15, 0.2) is 0 Å². The van der Waals surface area contributed by atoms with E-state index in [2.05, 4.69) is 10.4 Å². The number of nitrogen functional groups attached to an aromatic ring is 1. The molecule has 2 aromatic rings. The number of halogens is 2. The van der Waals surface area contributed by atoms with Crippen molar-refractivity contribution < 1.29 is 4.79 Å². The van der Waals surface area contributed by atoms with Crippen LogP contribution in [0.3, 0.4) is 0 Å². The fraction of sp³-hybridized carbons (Fsp3) is 0.333. The van der Waals surface area contributed by atoms with Crippen LogP contribution < -0.4 is 11.1 Å². The standard InChI is InChI=1S/C15H16Cl2N4O/c1-21-7-9-12(3-2-4-13(9)20-21)19-15(22)8-5-10(16)14(18)11(17)6-8/h5-7,12H,2-4,18H2,1H3,(H,19,22)/t12-/m1/s1.